The summed E-state index contributed by atoms with van der Waals surface area (Å²) >= 11 is 4.95. The Balaban J connectivity index is 2.00. The number of amides is 2. The van der Waals surface area contributed by atoms with Crippen LogP contribution >= 0.6 is 27.7 Å². The third-order valence-corrected chi connectivity index (χ3v) is 5.07. The number of halogens is 2. The zero-order valence-corrected chi connectivity index (χ0v) is 16.7. The van der Waals surface area contributed by atoms with Crippen LogP contribution in [0, 0.1) is 5.82 Å². The summed E-state index contributed by atoms with van der Waals surface area (Å²) in [5.41, 5.74) is 1.27. The van der Waals surface area contributed by atoms with Crippen LogP contribution in [0.25, 0.3) is 0 Å². The molecule has 0 aromatic heterocycles. The summed E-state index contributed by atoms with van der Waals surface area (Å²) in [6.07, 6.45) is 2.47. The quantitative estimate of drug-likeness (QED) is 0.659. The number of hydrogen-bond donors (Lipinski definition) is 2. The topological polar surface area (TPSA) is 58.2 Å². The van der Waals surface area contributed by atoms with E-state index < -0.39 is 6.04 Å². The minimum Gasteiger partial charge on any atom is -0.350 e. The molecule has 138 valence electrons. The van der Waals surface area contributed by atoms with Gasteiger partial charge in [-0.05, 0) is 64.2 Å². The third-order valence-electron chi connectivity index (χ3n) is 3.73. The first kappa shape index (κ1) is 20.5. The second kappa shape index (κ2) is 10.3. The Bertz CT molecular complexity index is 755. The Morgan fingerprint density at radius 1 is 1.15 bits per heavy atom. The summed E-state index contributed by atoms with van der Waals surface area (Å²) < 4.78 is 13.6. The molecule has 4 nitrogen and oxygen atoms in total. The fraction of sp³-hybridized carbons (Fsp3) is 0.263. The van der Waals surface area contributed by atoms with Gasteiger partial charge in [-0.2, -0.15) is 11.8 Å². The lowest BCUT2D eigenvalue weighted by atomic mass is 10.1. The zero-order valence-electron chi connectivity index (χ0n) is 14.3. The maximum absolute atomic E-state index is 12.9. The molecule has 0 aliphatic carbocycles. The van der Waals surface area contributed by atoms with E-state index in [1.807, 2.05) is 12.3 Å². The fourth-order valence-electron chi connectivity index (χ4n) is 2.30. The van der Waals surface area contributed by atoms with Gasteiger partial charge in [-0.3, -0.25) is 9.59 Å². The molecule has 0 bridgehead atoms. The maximum Gasteiger partial charge on any atom is 0.253 e. The number of hydrogen-bond acceptors (Lipinski definition) is 3. The van der Waals surface area contributed by atoms with E-state index in [0.717, 1.165) is 11.3 Å². The van der Waals surface area contributed by atoms with Gasteiger partial charge in [0.05, 0.1) is 5.56 Å². The third kappa shape index (κ3) is 6.14. The largest absolute Gasteiger partial charge is 0.350 e. The highest BCUT2D eigenvalue weighted by Gasteiger charge is 2.21. The predicted molar refractivity (Wildman–Crippen MR) is 107 cm³/mol. The molecule has 0 fully saturated rings. The van der Waals surface area contributed by atoms with Crippen molar-refractivity contribution >= 4 is 39.5 Å². The van der Waals surface area contributed by atoms with Crippen molar-refractivity contribution < 1.29 is 14.0 Å². The lowest BCUT2D eigenvalue weighted by Crippen LogP contribution is -2.47. The highest BCUT2D eigenvalue weighted by molar-refractivity contribution is 9.10. The van der Waals surface area contributed by atoms with Crippen molar-refractivity contribution in [2.75, 3.05) is 12.0 Å². The monoisotopic (exact) mass is 438 g/mol. The van der Waals surface area contributed by atoms with Gasteiger partial charge in [0.25, 0.3) is 5.91 Å². The van der Waals surface area contributed by atoms with E-state index in [-0.39, 0.29) is 24.2 Å². The number of carbonyl (C=O) groups excluding carboxylic acids is 2. The summed E-state index contributed by atoms with van der Waals surface area (Å²) in [4.78, 5) is 25.0. The highest BCUT2D eigenvalue weighted by atomic mass is 79.9. The van der Waals surface area contributed by atoms with Crippen molar-refractivity contribution in [1.82, 2.24) is 10.6 Å². The van der Waals surface area contributed by atoms with Crippen LogP contribution in [0.5, 0.6) is 0 Å². The number of nitrogens with one attached hydrogen (secondary N) is 2. The Kier molecular flexibility index (Phi) is 8.12. The molecule has 2 rings (SSSR count). The lowest BCUT2D eigenvalue weighted by Gasteiger charge is -2.18. The number of rotatable bonds is 8. The molecule has 1 atom stereocenters. The summed E-state index contributed by atoms with van der Waals surface area (Å²) in [6.45, 7) is 0.278. The van der Waals surface area contributed by atoms with Crippen LogP contribution in [0.3, 0.4) is 0 Å². The van der Waals surface area contributed by atoms with Gasteiger partial charge in [-0.25, -0.2) is 4.39 Å². The molecule has 0 spiro atoms. The fourth-order valence-corrected chi connectivity index (χ4v) is 3.24. The molecule has 0 radical (unpaired) electrons. The van der Waals surface area contributed by atoms with Gasteiger partial charge in [0.2, 0.25) is 5.91 Å². The van der Waals surface area contributed by atoms with E-state index >= 15 is 0 Å². The van der Waals surface area contributed by atoms with Gasteiger partial charge in [0.15, 0.2) is 0 Å². The highest BCUT2D eigenvalue weighted by Crippen LogP contribution is 2.16. The van der Waals surface area contributed by atoms with Crippen molar-refractivity contribution in [3.8, 4) is 0 Å². The van der Waals surface area contributed by atoms with Crippen LogP contribution in [0.2, 0.25) is 0 Å². The van der Waals surface area contributed by atoms with Crippen molar-refractivity contribution in [2.24, 2.45) is 0 Å². The first-order valence-corrected chi connectivity index (χ1v) is 10.3. The lowest BCUT2D eigenvalue weighted by molar-refractivity contribution is -0.123. The first-order chi connectivity index (χ1) is 12.5. The van der Waals surface area contributed by atoms with Gasteiger partial charge in [0, 0.05) is 11.0 Å². The molecule has 2 aromatic carbocycles. The molecule has 2 amide bonds. The Labute approximate surface area is 165 Å². The predicted octanol–water partition coefficient (Wildman–Crippen LogP) is 3.76. The minimum absolute atomic E-state index is 0.260. The van der Waals surface area contributed by atoms with E-state index in [1.54, 1.807) is 42.1 Å². The van der Waals surface area contributed by atoms with E-state index in [0.29, 0.717) is 16.5 Å². The molecular weight excluding hydrogens is 419 g/mol. The smallest absolute Gasteiger partial charge is 0.253 e. The summed E-state index contributed by atoms with van der Waals surface area (Å²) in [5, 5.41) is 5.60. The van der Waals surface area contributed by atoms with E-state index in [1.165, 1.54) is 12.1 Å². The average Bonchev–Trinajstić information content (AvgIpc) is 2.64. The van der Waals surface area contributed by atoms with Gasteiger partial charge in [-0.1, -0.05) is 24.3 Å². The standard InChI is InChI=1S/C19H20BrFN2O2S/c1-26-11-10-17(23-18(24)15-4-2-3-5-16(15)20)19(25)22-12-13-6-8-14(21)9-7-13/h2-9,17H,10-12H2,1H3,(H,22,25)(H,23,24)/t17-/m0/s1. The molecule has 7 heteroatoms. The van der Waals surface area contributed by atoms with Crippen LogP contribution in [0.15, 0.2) is 53.0 Å². The van der Waals surface area contributed by atoms with E-state index in [2.05, 4.69) is 26.6 Å². The van der Waals surface area contributed by atoms with Crippen LogP contribution < -0.4 is 10.6 Å². The van der Waals surface area contributed by atoms with Gasteiger partial charge >= 0.3 is 0 Å². The molecule has 2 aromatic rings. The molecular formula is C19H20BrFN2O2S. The Hall–Kier alpha value is -1.86. The first-order valence-electron chi connectivity index (χ1n) is 8.07. The molecule has 0 aliphatic heterocycles. The second-order valence-corrected chi connectivity index (χ2v) is 7.47. The van der Waals surface area contributed by atoms with Crippen LogP contribution in [-0.2, 0) is 11.3 Å². The second-order valence-electron chi connectivity index (χ2n) is 5.63. The SMILES string of the molecule is CSCC[C@H](NC(=O)c1ccccc1Br)C(=O)NCc1ccc(F)cc1. The molecule has 0 saturated heterocycles. The van der Waals surface area contributed by atoms with Gasteiger partial charge in [-0.15, -0.1) is 0 Å². The van der Waals surface area contributed by atoms with Gasteiger partial charge < -0.3 is 10.6 Å². The summed E-state index contributed by atoms with van der Waals surface area (Å²) in [7, 11) is 0. The minimum atomic E-state index is -0.637. The zero-order chi connectivity index (χ0) is 18.9. The molecule has 26 heavy (non-hydrogen) atoms. The van der Waals surface area contributed by atoms with Crippen LogP contribution in [0.4, 0.5) is 4.39 Å². The average molecular weight is 439 g/mol. The maximum atomic E-state index is 12.9. The van der Waals surface area contributed by atoms with E-state index in [4.69, 9.17) is 0 Å². The number of thioether (sulfide) groups is 1. The molecule has 2 N–H and O–H groups in total. The van der Waals surface area contributed by atoms with Crippen LogP contribution in [0.1, 0.15) is 22.3 Å². The van der Waals surface area contributed by atoms with Crippen molar-refractivity contribution in [1.29, 1.82) is 0 Å². The Morgan fingerprint density at radius 2 is 1.85 bits per heavy atom. The number of benzene rings is 2. The van der Waals surface area contributed by atoms with Crippen molar-refractivity contribution in [3.63, 3.8) is 0 Å². The van der Waals surface area contributed by atoms with Crippen molar-refractivity contribution in [3.05, 3.63) is 69.9 Å². The van der Waals surface area contributed by atoms with Gasteiger partial charge in [0.1, 0.15) is 11.9 Å². The summed E-state index contributed by atoms with van der Waals surface area (Å²) in [6, 6.07) is 12.4. The molecule has 0 unspecified atom stereocenters. The molecule has 0 aliphatic rings. The summed E-state index contributed by atoms with van der Waals surface area (Å²) in [5.74, 6) is -0.145. The van der Waals surface area contributed by atoms with Crippen LogP contribution in [-0.4, -0.2) is 29.9 Å². The Morgan fingerprint density at radius 3 is 2.50 bits per heavy atom. The van der Waals surface area contributed by atoms with Crippen molar-refractivity contribution in [2.45, 2.75) is 19.0 Å². The van der Waals surface area contributed by atoms with E-state index in [9.17, 15) is 14.0 Å². The molecule has 0 saturated carbocycles. The number of carbonyl (C=O) groups is 2. The molecule has 0 heterocycles. The normalized spacial score (nSPS) is 11.7.